The smallest absolute Gasteiger partial charge is 0.144 e. The molecule has 0 spiro atoms. The Morgan fingerprint density at radius 3 is 3.20 bits per heavy atom. The number of nitrogens with zero attached hydrogens (tertiary/aromatic N) is 2. The molecule has 0 unspecified atom stereocenters. The van der Waals surface area contributed by atoms with Gasteiger partial charge in [0.15, 0.2) is 0 Å². The monoisotopic (exact) mass is 136 g/mol. The molecular formula is C6H8N4. The molecule has 1 aromatic heterocycles. The number of nitrogens with one attached hydrogen (secondary N) is 2. The third kappa shape index (κ3) is 0.784. The summed E-state index contributed by atoms with van der Waals surface area (Å²) in [6.07, 6.45) is 7.43. The highest BCUT2D eigenvalue weighted by Crippen LogP contribution is 2.07. The van der Waals surface area contributed by atoms with Crippen molar-refractivity contribution in [1.82, 2.24) is 15.4 Å². The van der Waals surface area contributed by atoms with Crippen LogP contribution in [0.1, 0.15) is 0 Å². The molecule has 1 aliphatic heterocycles. The van der Waals surface area contributed by atoms with E-state index in [0.29, 0.717) is 0 Å². The SMILES string of the molecule is C1=CN(c2cnc[nH]2)NC1. The van der Waals surface area contributed by atoms with E-state index >= 15 is 0 Å². The lowest BCUT2D eigenvalue weighted by molar-refractivity contribution is 0.803. The minimum atomic E-state index is 0.888. The molecule has 0 fully saturated rings. The van der Waals surface area contributed by atoms with E-state index in [-0.39, 0.29) is 0 Å². The summed E-state index contributed by atoms with van der Waals surface area (Å²) in [7, 11) is 0. The summed E-state index contributed by atoms with van der Waals surface area (Å²) >= 11 is 0. The van der Waals surface area contributed by atoms with Gasteiger partial charge in [0.2, 0.25) is 0 Å². The number of aromatic amines is 1. The van der Waals surface area contributed by atoms with E-state index in [1.165, 1.54) is 0 Å². The Morgan fingerprint density at radius 1 is 1.60 bits per heavy atom. The predicted molar refractivity (Wildman–Crippen MR) is 38.2 cm³/mol. The van der Waals surface area contributed by atoms with E-state index < -0.39 is 0 Å². The maximum Gasteiger partial charge on any atom is 0.144 e. The van der Waals surface area contributed by atoms with Crippen LogP contribution in [-0.2, 0) is 0 Å². The molecule has 4 nitrogen and oxygen atoms in total. The van der Waals surface area contributed by atoms with Gasteiger partial charge in [-0.15, -0.1) is 0 Å². The molecule has 2 heterocycles. The Hall–Kier alpha value is -1.29. The number of hydrogen-bond donors (Lipinski definition) is 2. The molecule has 0 saturated heterocycles. The summed E-state index contributed by atoms with van der Waals surface area (Å²) in [5.74, 6) is 0.966. The number of anilines is 1. The van der Waals surface area contributed by atoms with Gasteiger partial charge in [-0.25, -0.2) is 10.4 Å². The molecule has 0 radical (unpaired) electrons. The van der Waals surface area contributed by atoms with Crippen LogP contribution in [0.3, 0.4) is 0 Å². The fourth-order valence-corrected chi connectivity index (χ4v) is 0.908. The van der Waals surface area contributed by atoms with Gasteiger partial charge in [0, 0.05) is 12.7 Å². The maximum absolute atomic E-state index is 3.90. The zero-order valence-electron chi connectivity index (χ0n) is 5.41. The average Bonchev–Trinajstić information content (AvgIpc) is 2.59. The van der Waals surface area contributed by atoms with Crippen LogP contribution in [0.5, 0.6) is 0 Å². The zero-order chi connectivity index (χ0) is 6.81. The molecule has 0 bridgehead atoms. The fourth-order valence-electron chi connectivity index (χ4n) is 0.908. The standard InChI is InChI=1S/C6H8N4/c1-2-9-10(3-1)6-4-7-5-8-6/h1,3-5,9H,2H2,(H,7,8). The highest BCUT2D eigenvalue weighted by Gasteiger charge is 2.05. The summed E-state index contributed by atoms with van der Waals surface area (Å²) in [4.78, 5) is 6.88. The van der Waals surface area contributed by atoms with Gasteiger partial charge in [0.05, 0.1) is 12.5 Å². The molecule has 0 amide bonds. The molecular weight excluding hydrogens is 128 g/mol. The van der Waals surface area contributed by atoms with Gasteiger partial charge in [-0.1, -0.05) is 6.08 Å². The molecule has 1 aliphatic rings. The third-order valence-electron chi connectivity index (χ3n) is 1.38. The summed E-state index contributed by atoms with van der Waals surface area (Å²) in [5.41, 5.74) is 3.11. The van der Waals surface area contributed by atoms with Crippen molar-refractivity contribution in [3.05, 3.63) is 24.8 Å². The molecule has 10 heavy (non-hydrogen) atoms. The molecule has 0 saturated carbocycles. The van der Waals surface area contributed by atoms with Crippen LogP contribution in [0, 0.1) is 0 Å². The first-order valence-corrected chi connectivity index (χ1v) is 3.14. The first kappa shape index (κ1) is 5.49. The Labute approximate surface area is 58.5 Å². The van der Waals surface area contributed by atoms with Gasteiger partial charge in [-0.2, -0.15) is 0 Å². The summed E-state index contributed by atoms with van der Waals surface area (Å²) in [5, 5.41) is 1.90. The van der Waals surface area contributed by atoms with Gasteiger partial charge in [0.25, 0.3) is 0 Å². The van der Waals surface area contributed by atoms with Crippen molar-refractivity contribution in [3.63, 3.8) is 0 Å². The van der Waals surface area contributed by atoms with Crippen molar-refractivity contribution >= 4 is 5.82 Å². The Balaban J connectivity index is 2.20. The molecule has 2 rings (SSSR count). The Kier molecular flexibility index (Phi) is 1.18. The molecule has 0 aromatic carbocycles. The minimum Gasteiger partial charge on any atom is -0.330 e. The molecule has 4 heteroatoms. The van der Waals surface area contributed by atoms with Crippen molar-refractivity contribution in [2.45, 2.75) is 0 Å². The van der Waals surface area contributed by atoms with Crippen LogP contribution >= 0.6 is 0 Å². The van der Waals surface area contributed by atoms with Crippen molar-refractivity contribution in [2.75, 3.05) is 11.6 Å². The normalized spacial score (nSPS) is 16.6. The van der Waals surface area contributed by atoms with Gasteiger partial charge in [0.1, 0.15) is 5.82 Å². The fraction of sp³-hybridized carbons (Fsp3) is 0.167. The molecule has 1 aromatic rings. The van der Waals surface area contributed by atoms with Crippen LogP contribution in [0.4, 0.5) is 5.82 Å². The number of hydrazine groups is 1. The van der Waals surface area contributed by atoms with Gasteiger partial charge >= 0.3 is 0 Å². The number of rotatable bonds is 1. The third-order valence-corrected chi connectivity index (χ3v) is 1.38. The second-order valence-electron chi connectivity index (χ2n) is 2.05. The largest absolute Gasteiger partial charge is 0.330 e. The second-order valence-corrected chi connectivity index (χ2v) is 2.05. The number of H-pyrrole nitrogens is 1. The van der Waals surface area contributed by atoms with E-state index in [2.05, 4.69) is 15.4 Å². The minimum absolute atomic E-state index is 0.888. The van der Waals surface area contributed by atoms with Crippen LogP contribution in [0.2, 0.25) is 0 Å². The van der Waals surface area contributed by atoms with Crippen LogP contribution in [0.25, 0.3) is 0 Å². The first-order valence-electron chi connectivity index (χ1n) is 3.14. The zero-order valence-corrected chi connectivity index (χ0v) is 5.41. The summed E-state index contributed by atoms with van der Waals surface area (Å²) < 4.78 is 0. The van der Waals surface area contributed by atoms with E-state index in [9.17, 15) is 0 Å². The van der Waals surface area contributed by atoms with Crippen LogP contribution in [0.15, 0.2) is 24.8 Å². The first-order chi connectivity index (χ1) is 4.97. The molecule has 0 aliphatic carbocycles. The van der Waals surface area contributed by atoms with Gasteiger partial charge in [-0.05, 0) is 0 Å². The van der Waals surface area contributed by atoms with Crippen molar-refractivity contribution in [1.29, 1.82) is 0 Å². The molecule has 52 valence electrons. The lowest BCUT2D eigenvalue weighted by Crippen LogP contribution is -2.28. The number of aromatic nitrogens is 2. The quantitative estimate of drug-likeness (QED) is 0.581. The summed E-state index contributed by atoms with van der Waals surface area (Å²) in [6, 6.07) is 0. The van der Waals surface area contributed by atoms with Crippen LogP contribution < -0.4 is 10.4 Å². The Bertz CT molecular complexity index is 226. The second kappa shape index (κ2) is 2.15. The Morgan fingerprint density at radius 2 is 2.60 bits per heavy atom. The van der Waals surface area contributed by atoms with E-state index in [1.54, 1.807) is 12.5 Å². The lowest BCUT2D eigenvalue weighted by atomic mass is 10.6. The van der Waals surface area contributed by atoms with Crippen molar-refractivity contribution in [2.24, 2.45) is 0 Å². The van der Waals surface area contributed by atoms with Crippen molar-refractivity contribution < 1.29 is 0 Å². The topological polar surface area (TPSA) is 44.0 Å². The van der Waals surface area contributed by atoms with Crippen LogP contribution in [-0.4, -0.2) is 16.5 Å². The molecule has 0 atom stereocenters. The van der Waals surface area contributed by atoms with Gasteiger partial charge in [-0.3, -0.25) is 5.01 Å². The van der Waals surface area contributed by atoms with Crippen molar-refractivity contribution in [3.8, 4) is 0 Å². The van der Waals surface area contributed by atoms with E-state index in [0.717, 1.165) is 12.4 Å². The lowest BCUT2D eigenvalue weighted by Gasteiger charge is -2.11. The van der Waals surface area contributed by atoms with E-state index in [4.69, 9.17) is 0 Å². The predicted octanol–water partition coefficient (Wildman–Crippen LogP) is 0.248. The highest BCUT2D eigenvalue weighted by molar-refractivity contribution is 5.39. The molecule has 2 N–H and O–H groups in total. The maximum atomic E-state index is 3.90. The highest BCUT2D eigenvalue weighted by atomic mass is 15.5. The number of imidazole rings is 1. The number of hydrogen-bond acceptors (Lipinski definition) is 3. The average molecular weight is 136 g/mol. The van der Waals surface area contributed by atoms with E-state index in [1.807, 2.05) is 17.3 Å². The summed E-state index contributed by atoms with van der Waals surface area (Å²) in [6.45, 7) is 0.888. The van der Waals surface area contributed by atoms with Gasteiger partial charge < -0.3 is 4.98 Å².